The summed E-state index contributed by atoms with van der Waals surface area (Å²) in [6, 6.07) is 15.3. The molecule has 1 aliphatic rings. The fourth-order valence-corrected chi connectivity index (χ4v) is 4.30. The number of rotatable bonds is 5. The van der Waals surface area contributed by atoms with Gasteiger partial charge in [-0.1, -0.05) is 55.8 Å². The van der Waals surface area contributed by atoms with Crippen LogP contribution in [0.15, 0.2) is 54.9 Å². The molecular weight excluding hydrogens is 400 g/mol. The van der Waals surface area contributed by atoms with Crippen molar-refractivity contribution in [3.8, 4) is 5.75 Å². The largest absolute Gasteiger partial charge is 0.497 e. The first kappa shape index (κ1) is 20.4. The number of amides is 1. The molecule has 156 valence electrons. The van der Waals surface area contributed by atoms with Crippen molar-refractivity contribution in [2.45, 2.75) is 38.8 Å². The molecular formula is C23H25ClN4O2. The third-order valence-electron chi connectivity index (χ3n) is 5.44. The number of methoxy groups -OCH3 is 1. The van der Waals surface area contributed by atoms with E-state index in [-0.39, 0.29) is 23.9 Å². The van der Waals surface area contributed by atoms with Crippen LogP contribution in [0.1, 0.15) is 49.9 Å². The molecule has 2 atom stereocenters. The lowest BCUT2D eigenvalue weighted by atomic mass is 9.91. The summed E-state index contributed by atoms with van der Waals surface area (Å²) >= 11 is 6.53. The molecule has 1 aromatic heterocycles. The second kappa shape index (κ2) is 8.48. The molecule has 4 rings (SSSR count). The molecule has 2 heterocycles. The lowest BCUT2D eigenvalue weighted by Crippen LogP contribution is -2.43. The summed E-state index contributed by atoms with van der Waals surface area (Å²) in [6.07, 6.45) is 2.60. The molecule has 0 fully saturated rings. The number of halogens is 1. The topological polar surface area (TPSA) is 60.2 Å². The maximum absolute atomic E-state index is 13.3. The first-order valence-electron chi connectivity index (χ1n) is 10.1. The van der Waals surface area contributed by atoms with Gasteiger partial charge in [0.2, 0.25) is 11.9 Å². The van der Waals surface area contributed by atoms with Crippen LogP contribution in [-0.4, -0.2) is 27.8 Å². The van der Waals surface area contributed by atoms with Gasteiger partial charge in [-0.2, -0.15) is 10.1 Å². The Morgan fingerprint density at radius 2 is 1.90 bits per heavy atom. The number of benzene rings is 2. The summed E-state index contributed by atoms with van der Waals surface area (Å²) in [5.41, 5.74) is 2.00. The van der Waals surface area contributed by atoms with Crippen molar-refractivity contribution in [1.82, 2.24) is 14.8 Å². The smallest absolute Gasteiger partial charge is 0.231 e. The monoisotopic (exact) mass is 424 g/mol. The highest BCUT2D eigenvalue weighted by Gasteiger charge is 2.39. The zero-order chi connectivity index (χ0) is 21.3. The predicted octanol–water partition coefficient (Wildman–Crippen LogP) is 5.05. The number of aromatic nitrogens is 3. The van der Waals surface area contributed by atoms with E-state index in [9.17, 15) is 4.79 Å². The molecule has 1 aliphatic heterocycles. The quantitative estimate of drug-likeness (QED) is 0.574. The highest BCUT2D eigenvalue weighted by Crippen LogP contribution is 2.43. The number of carbonyl (C=O) groups excluding carboxylic acids is 1. The van der Waals surface area contributed by atoms with Crippen molar-refractivity contribution in [3.63, 3.8) is 0 Å². The highest BCUT2D eigenvalue weighted by molar-refractivity contribution is 6.31. The molecule has 0 saturated heterocycles. The van der Waals surface area contributed by atoms with Crippen molar-refractivity contribution in [1.29, 1.82) is 0 Å². The standard InChI is InChI=1S/C23H25ClN4O2/c1-15(2)12-22(29)27-20(16-8-10-17(30-3)11-9-16)13-21(28-23(27)25-14-26-28)18-6-4-5-7-19(18)24/h4-11,14-15,20-21H,12-13H2,1-3H3. The van der Waals surface area contributed by atoms with E-state index in [4.69, 9.17) is 16.3 Å². The normalized spacial score (nSPS) is 18.4. The summed E-state index contributed by atoms with van der Waals surface area (Å²) in [5, 5.41) is 5.14. The minimum absolute atomic E-state index is 0.0395. The van der Waals surface area contributed by atoms with Gasteiger partial charge in [0.15, 0.2) is 0 Å². The Hall–Kier alpha value is -2.86. The Morgan fingerprint density at radius 1 is 1.17 bits per heavy atom. The van der Waals surface area contributed by atoms with Crippen molar-refractivity contribution < 1.29 is 9.53 Å². The molecule has 0 radical (unpaired) electrons. The van der Waals surface area contributed by atoms with Crippen LogP contribution in [0.25, 0.3) is 0 Å². The number of hydrogen-bond acceptors (Lipinski definition) is 4. The van der Waals surface area contributed by atoms with E-state index in [1.54, 1.807) is 12.0 Å². The average molecular weight is 425 g/mol. The van der Waals surface area contributed by atoms with Crippen LogP contribution < -0.4 is 9.64 Å². The third-order valence-corrected chi connectivity index (χ3v) is 5.78. The Morgan fingerprint density at radius 3 is 2.57 bits per heavy atom. The first-order chi connectivity index (χ1) is 14.5. The molecule has 1 amide bonds. The number of fused-ring (bicyclic) bond motifs is 1. The van der Waals surface area contributed by atoms with Gasteiger partial charge < -0.3 is 4.74 Å². The van der Waals surface area contributed by atoms with Gasteiger partial charge >= 0.3 is 0 Å². The van der Waals surface area contributed by atoms with Crippen LogP contribution in [-0.2, 0) is 4.79 Å². The van der Waals surface area contributed by atoms with Crippen LogP contribution >= 0.6 is 11.6 Å². The fourth-order valence-electron chi connectivity index (χ4n) is 4.04. The lowest BCUT2D eigenvalue weighted by Gasteiger charge is -2.39. The molecule has 0 bridgehead atoms. The van der Waals surface area contributed by atoms with E-state index in [0.29, 0.717) is 23.8 Å². The number of ether oxygens (including phenoxy) is 1. The molecule has 0 aliphatic carbocycles. The summed E-state index contributed by atoms with van der Waals surface area (Å²) in [6.45, 7) is 4.09. The van der Waals surface area contributed by atoms with Crippen LogP contribution in [0.2, 0.25) is 5.02 Å². The van der Waals surface area contributed by atoms with E-state index in [1.807, 2.05) is 67.1 Å². The number of anilines is 1. The molecule has 6 nitrogen and oxygen atoms in total. The molecule has 0 spiro atoms. The van der Waals surface area contributed by atoms with Gasteiger partial charge in [-0.15, -0.1) is 0 Å². The van der Waals surface area contributed by atoms with E-state index in [1.165, 1.54) is 6.33 Å². The Labute approximate surface area is 181 Å². The molecule has 30 heavy (non-hydrogen) atoms. The van der Waals surface area contributed by atoms with Gasteiger partial charge in [0.1, 0.15) is 12.1 Å². The number of nitrogens with zero attached hydrogens (tertiary/aromatic N) is 4. The molecule has 0 N–H and O–H groups in total. The van der Waals surface area contributed by atoms with Gasteiger partial charge in [0.25, 0.3) is 0 Å². The molecule has 2 aromatic carbocycles. The van der Waals surface area contributed by atoms with Crippen molar-refractivity contribution in [2.24, 2.45) is 5.92 Å². The molecule has 0 saturated carbocycles. The second-order valence-corrected chi connectivity index (χ2v) is 8.34. The van der Waals surface area contributed by atoms with Gasteiger partial charge in [-0.25, -0.2) is 4.68 Å². The van der Waals surface area contributed by atoms with Gasteiger partial charge in [0, 0.05) is 11.4 Å². The molecule has 3 aromatic rings. The van der Waals surface area contributed by atoms with Crippen LogP contribution in [0.5, 0.6) is 5.75 Å². The fraction of sp³-hybridized carbons (Fsp3) is 0.348. The minimum Gasteiger partial charge on any atom is -0.497 e. The second-order valence-electron chi connectivity index (χ2n) is 7.93. The molecule has 7 heteroatoms. The van der Waals surface area contributed by atoms with Gasteiger partial charge in [-0.3, -0.25) is 9.69 Å². The van der Waals surface area contributed by atoms with Crippen LogP contribution in [0.4, 0.5) is 5.95 Å². The Kier molecular flexibility index (Phi) is 5.77. The maximum Gasteiger partial charge on any atom is 0.231 e. The van der Waals surface area contributed by atoms with Crippen molar-refractivity contribution >= 4 is 23.5 Å². The van der Waals surface area contributed by atoms with E-state index in [2.05, 4.69) is 10.1 Å². The number of carbonyl (C=O) groups is 1. The highest BCUT2D eigenvalue weighted by atomic mass is 35.5. The zero-order valence-electron chi connectivity index (χ0n) is 17.3. The van der Waals surface area contributed by atoms with Crippen molar-refractivity contribution in [2.75, 3.05) is 12.0 Å². The predicted molar refractivity (Wildman–Crippen MR) is 117 cm³/mol. The summed E-state index contributed by atoms with van der Waals surface area (Å²) in [4.78, 5) is 19.5. The van der Waals surface area contributed by atoms with Crippen LogP contribution in [0, 0.1) is 5.92 Å². The zero-order valence-corrected chi connectivity index (χ0v) is 18.1. The van der Waals surface area contributed by atoms with E-state index in [0.717, 1.165) is 16.9 Å². The summed E-state index contributed by atoms with van der Waals surface area (Å²) < 4.78 is 7.13. The first-order valence-corrected chi connectivity index (χ1v) is 10.5. The SMILES string of the molecule is COc1ccc(C2CC(c3ccccc3Cl)n3ncnc3N2C(=O)CC(C)C)cc1. The summed E-state index contributed by atoms with van der Waals surface area (Å²) in [5.74, 6) is 1.61. The third kappa shape index (κ3) is 3.79. The van der Waals surface area contributed by atoms with Gasteiger partial charge in [0.05, 0.1) is 19.2 Å². The maximum atomic E-state index is 13.3. The average Bonchev–Trinajstić information content (AvgIpc) is 3.22. The number of hydrogen-bond donors (Lipinski definition) is 0. The van der Waals surface area contributed by atoms with Crippen molar-refractivity contribution in [3.05, 3.63) is 71.0 Å². The van der Waals surface area contributed by atoms with E-state index < -0.39 is 0 Å². The Bertz CT molecular complexity index is 1030. The lowest BCUT2D eigenvalue weighted by molar-refractivity contribution is -0.120. The minimum atomic E-state index is -0.180. The van der Waals surface area contributed by atoms with Crippen LogP contribution in [0.3, 0.4) is 0 Å². The summed E-state index contributed by atoms with van der Waals surface area (Å²) in [7, 11) is 1.64. The molecule has 2 unspecified atom stereocenters. The van der Waals surface area contributed by atoms with Gasteiger partial charge in [-0.05, 0) is 41.7 Å². The van der Waals surface area contributed by atoms with E-state index >= 15 is 0 Å². The Balaban J connectivity index is 1.82.